The molecule has 1 rings (SSSR count). The van der Waals surface area contributed by atoms with Crippen LogP contribution in [0.4, 0.5) is 4.39 Å². The number of rotatable bonds is 2. The fourth-order valence-corrected chi connectivity index (χ4v) is 1.86. The first-order valence-corrected chi connectivity index (χ1v) is 4.82. The maximum atomic E-state index is 12.1. The minimum absolute atomic E-state index is 0.190. The fourth-order valence-electron chi connectivity index (χ4n) is 1.86. The summed E-state index contributed by atoms with van der Waals surface area (Å²) < 4.78 is 12.1. The summed E-state index contributed by atoms with van der Waals surface area (Å²) in [5, 5.41) is 0. The van der Waals surface area contributed by atoms with Crippen LogP contribution < -0.4 is 5.73 Å². The summed E-state index contributed by atoms with van der Waals surface area (Å²) in [4.78, 5) is 0. The molecule has 0 bridgehead atoms. The van der Waals surface area contributed by atoms with E-state index in [-0.39, 0.29) is 12.2 Å². The molecule has 2 heteroatoms. The number of halogens is 1. The highest BCUT2D eigenvalue weighted by Crippen LogP contribution is 2.40. The first-order valence-electron chi connectivity index (χ1n) is 4.82. The highest BCUT2D eigenvalue weighted by Gasteiger charge is 2.34. The molecule has 1 saturated carbocycles. The smallest absolute Gasteiger partial charge is 0.0911 e. The molecule has 0 aromatic carbocycles. The van der Waals surface area contributed by atoms with Crippen LogP contribution in [0.25, 0.3) is 0 Å². The molecule has 0 aromatic heterocycles. The molecule has 0 saturated heterocycles. The Morgan fingerprint density at radius 1 is 1.17 bits per heavy atom. The summed E-state index contributed by atoms with van der Waals surface area (Å²) in [6.07, 6.45) is 4.81. The Morgan fingerprint density at radius 3 is 2.08 bits per heavy atom. The van der Waals surface area contributed by atoms with E-state index in [1.165, 1.54) is 0 Å². The van der Waals surface area contributed by atoms with Crippen molar-refractivity contribution < 1.29 is 4.39 Å². The van der Waals surface area contributed by atoms with Crippen molar-refractivity contribution in [3.05, 3.63) is 0 Å². The van der Waals surface area contributed by atoms with Gasteiger partial charge in [-0.1, -0.05) is 13.8 Å². The predicted molar refractivity (Wildman–Crippen MR) is 49.8 cm³/mol. The van der Waals surface area contributed by atoms with Gasteiger partial charge in [-0.05, 0) is 37.5 Å². The zero-order chi connectivity index (χ0) is 9.24. The van der Waals surface area contributed by atoms with Gasteiger partial charge in [0.2, 0.25) is 0 Å². The first-order chi connectivity index (χ1) is 5.47. The SMILES string of the molecule is CC1(C)CCC(N)(CCF)CC1. The monoisotopic (exact) mass is 173 g/mol. The van der Waals surface area contributed by atoms with E-state index in [1.807, 2.05) is 0 Å². The van der Waals surface area contributed by atoms with E-state index in [4.69, 9.17) is 5.73 Å². The van der Waals surface area contributed by atoms with Gasteiger partial charge in [0, 0.05) is 5.54 Å². The zero-order valence-corrected chi connectivity index (χ0v) is 8.20. The molecule has 0 aromatic rings. The Hall–Kier alpha value is -0.110. The molecule has 1 aliphatic carbocycles. The average Bonchev–Trinajstić information content (AvgIpc) is 1.98. The molecule has 72 valence electrons. The van der Waals surface area contributed by atoms with Gasteiger partial charge in [0.25, 0.3) is 0 Å². The summed E-state index contributed by atoms with van der Waals surface area (Å²) >= 11 is 0. The van der Waals surface area contributed by atoms with Crippen molar-refractivity contribution in [3.8, 4) is 0 Å². The second-order valence-electron chi connectivity index (χ2n) is 4.97. The van der Waals surface area contributed by atoms with Crippen LogP contribution in [0.3, 0.4) is 0 Å². The molecule has 0 unspecified atom stereocenters. The Bertz CT molecular complexity index is 144. The quantitative estimate of drug-likeness (QED) is 0.682. The van der Waals surface area contributed by atoms with Crippen molar-refractivity contribution >= 4 is 0 Å². The molecule has 0 heterocycles. The van der Waals surface area contributed by atoms with Crippen molar-refractivity contribution in [2.75, 3.05) is 6.67 Å². The zero-order valence-electron chi connectivity index (χ0n) is 8.20. The van der Waals surface area contributed by atoms with Crippen molar-refractivity contribution in [3.63, 3.8) is 0 Å². The number of hydrogen-bond donors (Lipinski definition) is 1. The largest absolute Gasteiger partial charge is 0.325 e. The van der Waals surface area contributed by atoms with Crippen LogP contribution in [0.1, 0.15) is 46.0 Å². The van der Waals surface area contributed by atoms with Gasteiger partial charge in [-0.15, -0.1) is 0 Å². The Balaban J connectivity index is 2.44. The van der Waals surface area contributed by atoms with E-state index in [1.54, 1.807) is 0 Å². The number of hydrogen-bond acceptors (Lipinski definition) is 1. The Morgan fingerprint density at radius 2 is 1.67 bits per heavy atom. The van der Waals surface area contributed by atoms with E-state index in [0.29, 0.717) is 11.8 Å². The van der Waals surface area contributed by atoms with Gasteiger partial charge in [0.15, 0.2) is 0 Å². The van der Waals surface area contributed by atoms with Crippen molar-refractivity contribution in [1.29, 1.82) is 0 Å². The molecule has 1 aliphatic rings. The standard InChI is InChI=1S/C10H20FN/c1-9(2)3-5-10(12,6-4-9)7-8-11/h3-8,12H2,1-2H3. The molecule has 0 radical (unpaired) electrons. The molecule has 0 aliphatic heterocycles. The van der Waals surface area contributed by atoms with Crippen molar-refractivity contribution in [2.45, 2.75) is 51.5 Å². The van der Waals surface area contributed by atoms with Crippen molar-refractivity contribution in [1.82, 2.24) is 0 Å². The van der Waals surface area contributed by atoms with Crippen LogP contribution in [-0.4, -0.2) is 12.2 Å². The minimum Gasteiger partial charge on any atom is -0.325 e. The van der Waals surface area contributed by atoms with E-state index in [2.05, 4.69) is 13.8 Å². The lowest BCUT2D eigenvalue weighted by Gasteiger charge is -2.40. The second-order valence-corrected chi connectivity index (χ2v) is 4.97. The van der Waals surface area contributed by atoms with Gasteiger partial charge in [0.1, 0.15) is 0 Å². The van der Waals surface area contributed by atoms with Crippen molar-refractivity contribution in [2.24, 2.45) is 11.1 Å². The van der Waals surface area contributed by atoms with Gasteiger partial charge in [0.05, 0.1) is 6.67 Å². The lowest BCUT2D eigenvalue weighted by Crippen LogP contribution is -2.45. The molecule has 2 N–H and O–H groups in total. The molecule has 0 spiro atoms. The predicted octanol–water partition coefficient (Wildman–Crippen LogP) is 2.64. The van der Waals surface area contributed by atoms with E-state index >= 15 is 0 Å². The normalized spacial score (nSPS) is 27.0. The molecule has 1 nitrogen and oxygen atoms in total. The summed E-state index contributed by atoms with van der Waals surface area (Å²) in [5.41, 5.74) is 6.29. The van der Waals surface area contributed by atoms with Gasteiger partial charge in [-0.25, -0.2) is 0 Å². The Labute approximate surface area is 74.5 Å². The fraction of sp³-hybridized carbons (Fsp3) is 1.00. The molecule has 0 amide bonds. The lowest BCUT2D eigenvalue weighted by atomic mass is 9.69. The second kappa shape index (κ2) is 3.33. The number of alkyl halides is 1. The molecule has 12 heavy (non-hydrogen) atoms. The highest BCUT2D eigenvalue weighted by molar-refractivity contribution is 4.92. The van der Waals surface area contributed by atoms with Crippen LogP contribution in [0.5, 0.6) is 0 Å². The summed E-state index contributed by atoms with van der Waals surface area (Å²) in [6, 6.07) is 0. The topological polar surface area (TPSA) is 26.0 Å². The summed E-state index contributed by atoms with van der Waals surface area (Å²) in [5.74, 6) is 0. The summed E-state index contributed by atoms with van der Waals surface area (Å²) in [6.45, 7) is 4.26. The third-order valence-electron chi connectivity index (χ3n) is 3.19. The highest BCUT2D eigenvalue weighted by atomic mass is 19.1. The maximum absolute atomic E-state index is 12.1. The molecule has 0 atom stereocenters. The summed E-state index contributed by atoms with van der Waals surface area (Å²) in [7, 11) is 0. The van der Waals surface area contributed by atoms with Crippen LogP contribution in [0.15, 0.2) is 0 Å². The van der Waals surface area contributed by atoms with Crippen LogP contribution in [0.2, 0.25) is 0 Å². The van der Waals surface area contributed by atoms with E-state index in [0.717, 1.165) is 25.7 Å². The van der Waals surface area contributed by atoms with Gasteiger partial charge in [-0.3, -0.25) is 4.39 Å². The van der Waals surface area contributed by atoms with Gasteiger partial charge >= 0.3 is 0 Å². The molecular weight excluding hydrogens is 153 g/mol. The minimum atomic E-state index is -0.267. The van der Waals surface area contributed by atoms with E-state index in [9.17, 15) is 4.39 Å². The molecule has 1 fully saturated rings. The van der Waals surface area contributed by atoms with E-state index < -0.39 is 0 Å². The van der Waals surface area contributed by atoms with Crippen LogP contribution >= 0.6 is 0 Å². The van der Waals surface area contributed by atoms with Crippen LogP contribution in [-0.2, 0) is 0 Å². The first kappa shape index (κ1) is 9.97. The third-order valence-corrected chi connectivity index (χ3v) is 3.19. The number of nitrogens with two attached hydrogens (primary N) is 1. The van der Waals surface area contributed by atoms with Gasteiger partial charge < -0.3 is 5.73 Å². The Kier molecular flexibility index (Phi) is 2.77. The average molecular weight is 173 g/mol. The van der Waals surface area contributed by atoms with Gasteiger partial charge in [-0.2, -0.15) is 0 Å². The lowest BCUT2D eigenvalue weighted by molar-refractivity contribution is 0.150. The molecular formula is C10H20FN. The third kappa shape index (κ3) is 2.44. The maximum Gasteiger partial charge on any atom is 0.0911 e. The van der Waals surface area contributed by atoms with Crippen LogP contribution in [0, 0.1) is 5.41 Å².